The number of benzene rings is 1. The van der Waals surface area contributed by atoms with E-state index in [1.807, 2.05) is 0 Å². The van der Waals surface area contributed by atoms with Gasteiger partial charge in [0.05, 0.1) is 30.1 Å². The van der Waals surface area contributed by atoms with Crippen molar-refractivity contribution in [1.29, 1.82) is 0 Å². The molecule has 2 saturated heterocycles. The molecule has 2 aliphatic heterocycles. The van der Waals surface area contributed by atoms with Crippen molar-refractivity contribution in [3.63, 3.8) is 0 Å². The second-order valence-electron chi connectivity index (χ2n) is 11.0. The summed E-state index contributed by atoms with van der Waals surface area (Å²) in [5.74, 6) is 5.78. The van der Waals surface area contributed by atoms with E-state index < -0.39 is 12.1 Å². The summed E-state index contributed by atoms with van der Waals surface area (Å²) in [4.78, 5) is 60.8. The highest BCUT2D eigenvalue weighted by molar-refractivity contribution is 5.92. The number of hydrogen-bond donors (Lipinski definition) is 2. The lowest BCUT2D eigenvalue weighted by molar-refractivity contribution is -0.137. The number of nitrogens with one attached hydrogen (secondary N) is 1. The van der Waals surface area contributed by atoms with Gasteiger partial charge in [0.25, 0.3) is 5.91 Å². The Labute approximate surface area is 266 Å². The van der Waals surface area contributed by atoms with Crippen LogP contribution in [0.5, 0.6) is 11.5 Å². The van der Waals surface area contributed by atoms with Crippen LogP contribution in [0.3, 0.4) is 0 Å². The highest BCUT2D eigenvalue weighted by atomic mass is 16.5. The number of rotatable bonds is 9. The predicted molar refractivity (Wildman–Crippen MR) is 167 cm³/mol. The van der Waals surface area contributed by atoms with Crippen LogP contribution in [0.25, 0.3) is 0 Å². The third-order valence-corrected chi connectivity index (χ3v) is 7.78. The largest absolute Gasteiger partial charge is 0.481 e. The predicted octanol–water partition coefficient (Wildman–Crippen LogP) is 4.78. The Bertz CT molecular complexity index is 1670. The molecule has 0 saturated carbocycles. The Morgan fingerprint density at radius 3 is 2.48 bits per heavy atom. The second-order valence-corrected chi connectivity index (χ2v) is 11.0. The molecule has 3 amide bonds. The number of hydrogen-bond acceptors (Lipinski definition) is 8. The molecule has 1 aromatic carbocycles. The number of pyridine rings is 2. The van der Waals surface area contributed by atoms with Gasteiger partial charge < -0.3 is 24.4 Å². The minimum Gasteiger partial charge on any atom is -0.481 e. The molecule has 1 unspecified atom stereocenters. The van der Waals surface area contributed by atoms with Crippen LogP contribution >= 0.6 is 0 Å². The standard InChI is InChI=1S/C34H35N5O7/c1-3-45-34(44)37-29-19-27(30-6-4-17-39(30)22(2)40)31(46-26-12-13-28(36-21-26)33(43)38-15-5-16-38)18-24(29)9-11-25-10-7-23(20-35-25)8-14-32(41)42/h7,10,12-13,18-21,30H,3-6,8,14-17H2,1-2H3,(H,37,44)(H,41,42). The number of likely N-dealkylation sites (tertiary alicyclic amines) is 2. The molecule has 0 bridgehead atoms. The lowest BCUT2D eigenvalue weighted by Crippen LogP contribution is -2.42. The summed E-state index contributed by atoms with van der Waals surface area (Å²) in [5, 5.41) is 11.7. The van der Waals surface area contributed by atoms with Crippen LogP contribution in [0.2, 0.25) is 0 Å². The SMILES string of the molecule is CCOC(=O)Nc1cc(C2CCCN2C(C)=O)c(Oc2ccc(C(=O)N3CCC3)nc2)cc1C#Cc1ccc(CCC(=O)O)cn1. The molecule has 5 rings (SSSR count). The first-order valence-corrected chi connectivity index (χ1v) is 15.2. The summed E-state index contributed by atoms with van der Waals surface area (Å²) < 4.78 is 11.5. The van der Waals surface area contributed by atoms with Crippen LogP contribution in [0.4, 0.5) is 10.5 Å². The van der Waals surface area contributed by atoms with Crippen molar-refractivity contribution in [2.75, 3.05) is 31.6 Å². The average Bonchev–Trinajstić information content (AvgIpc) is 3.50. The third-order valence-electron chi connectivity index (χ3n) is 7.78. The summed E-state index contributed by atoms with van der Waals surface area (Å²) in [7, 11) is 0. The molecule has 4 heterocycles. The van der Waals surface area contributed by atoms with E-state index in [4.69, 9.17) is 14.6 Å². The highest BCUT2D eigenvalue weighted by Crippen LogP contribution is 2.41. The van der Waals surface area contributed by atoms with Gasteiger partial charge in [-0.15, -0.1) is 0 Å². The molecule has 2 fully saturated rings. The van der Waals surface area contributed by atoms with Crippen LogP contribution in [0.1, 0.15) is 78.4 Å². The van der Waals surface area contributed by atoms with Crippen molar-refractivity contribution in [3.8, 4) is 23.3 Å². The molecule has 2 aliphatic rings. The number of aromatic nitrogens is 2. The highest BCUT2D eigenvalue weighted by Gasteiger charge is 2.31. The van der Waals surface area contributed by atoms with Crippen molar-refractivity contribution in [3.05, 3.63) is 76.9 Å². The zero-order valence-electron chi connectivity index (χ0n) is 25.7. The van der Waals surface area contributed by atoms with Gasteiger partial charge in [-0.2, -0.15) is 0 Å². The van der Waals surface area contributed by atoms with Gasteiger partial charge in [-0.05, 0) is 74.4 Å². The van der Waals surface area contributed by atoms with Gasteiger partial charge >= 0.3 is 12.1 Å². The number of nitrogens with zero attached hydrogens (tertiary/aromatic N) is 4. The Kier molecular flexibility index (Phi) is 10.1. The number of carboxylic acid groups (broad SMARTS) is 1. The summed E-state index contributed by atoms with van der Waals surface area (Å²) in [6.07, 6.45) is 5.24. The molecule has 2 N–H and O–H groups in total. The number of aryl methyl sites for hydroxylation is 1. The molecule has 1 atom stereocenters. The quantitative estimate of drug-likeness (QED) is 0.320. The van der Waals surface area contributed by atoms with Gasteiger partial charge in [0, 0.05) is 44.7 Å². The van der Waals surface area contributed by atoms with E-state index in [9.17, 15) is 19.2 Å². The first-order valence-electron chi connectivity index (χ1n) is 15.2. The van der Waals surface area contributed by atoms with E-state index in [0.717, 1.165) is 31.5 Å². The van der Waals surface area contributed by atoms with E-state index in [-0.39, 0.29) is 30.9 Å². The smallest absolute Gasteiger partial charge is 0.411 e. The van der Waals surface area contributed by atoms with Crippen LogP contribution in [-0.4, -0.2) is 75.0 Å². The Hall–Kier alpha value is -5.44. The van der Waals surface area contributed by atoms with E-state index >= 15 is 0 Å². The zero-order chi connectivity index (χ0) is 32.6. The Balaban J connectivity index is 1.52. The lowest BCUT2D eigenvalue weighted by atomic mass is 9.99. The van der Waals surface area contributed by atoms with Gasteiger partial charge in [0.2, 0.25) is 5.91 Å². The molecule has 12 heteroatoms. The van der Waals surface area contributed by atoms with Crippen molar-refractivity contribution >= 4 is 29.6 Å². The van der Waals surface area contributed by atoms with Gasteiger partial charge in [0.1, 0.15) is 22.9 Å². The maximum absolute atomic E-state index is 12.6. The summed E-state index contributed by atoms with van der Waals surface area (Å²) in [6.45, 7) is 5.42. The van der Waals surface area contributed by atoms with Gasteiger partial charge in [-0.3, -0.25) is 19.7 Å². The lowest BCUT2D eigenvalue weighted by Gasteiger charge is -2.30. The van der Waals surface area contributed by atoms with Crippen LogP contribution < -0.4 is 10.1 Å². The number of anilines is 1. The van der Waals surface area contributed by atoms with E-state index in [1.54, 1.807) is 59.3 Å². The topological polar surface area (TPSA) is 151 Å². The minimum absolute atomic E-state index is 0.000229. The molecule has 3 aromatic rings. The number of aliphatic carboxylic acids is 1. The fraction of sp³-hybridized carbons (Fsp3) is 0.353. The van der Waals surface area contributed by atoms with E-state index in [0.29, 0.717) is 59.1 Å². The van der Waals surface area contributed by atoms with Gasteiger partial charge in [0.15, 0.2) is 0 Å². The monoisotopic (exact) mass is 625 g/mol. The maximum Gasteiger partial charge on any atom is 0.411 e. The zero-order valence-corrected chi connectivity index (χ0v) is 25.7. The maximum atomic E-state index is 12.6. The Morgan fingerprint density at radius 2 is 1.85 bits per heavy atom. The third kappa shape index (κ3) is 7.79. The average molecular weight is 626 g/mol. The van der Waals surface area contributed by atoms with Crippen LogP contribution in [-0.2, 0) is 20.7 Å². The second kappa shape index (κ2) is 14.6. The Morgan fingerprint density at radius 1 is 1.02 bits per heavy atom. The molecular weight excluding hydrogens is 590 g/mol. The molecule has 238 valence electrons. The molecule has 46 heavy (non-hydrogen) atoms. The van der Waals surface area contributed by atoms with Crippen molar-refractivity contribution in [2.45, 2.75) is 52.0 Å². The summed E-state index contributed by atoms with van der Waals surface area (Å²) in [6, 6.07) is 9.91. The molecule has 0 radical (unpaired) electrons. The molecular formula is C34H35N5O7. The molecule has 12 nitrogen and oxygen atoms in total. The first kappa shape index (κ1) is 32.0. The minimum atomic E-state index is -0.886. The first-order chi connectivity index (χ1) is 22.2. The molecule has 2 aromatic heterocycles. The molecule has 0 spiro atoms. The number of amides is 3. The number of carbonyl (C=O) groups is 4. The van der Waals surface area contributed by atoms with Crippen molar-refractivity contribution < 1.29 is 33.8 Å². The van der Waals surface area contributed by atoms with Crippen molar-refractivity contribution in [1.82, 2.24) is 19.8 Å². The number of carboxylic acids is 1. The molecule has 0 aliphatic carbocycles. The fourth-order valence-corrected chi connectivity index (χ4v) is 5.30. The van der Waals surface area contributed by atoms with Crippen LogP contribution in [0.15, 0.2) is 48.8 Å². The summed E-state index contributed by atoms with van der Waals surface area (Å²) >= 11 is 0. The van der Waals surface area contributed by atoms with Crippen LogP contribution in [0, 0.1) is 11.8 Å². The van der Waals surface area contributed by atoms with E-state index in [1.165, 1.54) is 13.1 Å². The number of carbonyl (C=O) groups excluding carboxylic acids is 3. The van der Waals surface area contributed by atoms with Gasteiger partial charge in [-0.1, -0.05) is 12.0 Å². The van der Waals surface area contributed by atoms with E-state index in [2.05, 4.69) is 27.1 Å². The number of ether oxygens (including phenoxy) is 2. The fourth-order valence-electron chi connectivity index (χ4n) is 5.30. The normalized spacial score (nSPS) is 15.3. The van der Waals surface area contributed by atoms with Gasteiger partial charge in [-0.25, -0.2) is 14.8 Å². The summed E-state index contributed by atoms with van der Waals surface area (Å²) in [5.41, 5.74) is 3.00. The van der Waals surface area contributed by atoms with Crippen molar-refractivity contribution in [2.24, 2.45) is 0 Å².